The van der Waals surface area contributed by atoms with Crippen molar-refractivity contribution in [3.05, 3.63) is 106 Å². The van der Waals surface area contributed by atoms with Gasteiger partial charge in [0.1, 0.15) is 5.75 Å². The second-order valence-electron chi connectivity index (χ2n) is 6.36. The van der Waals surface area contributed by atoms with Gasteiger partial charge in [-0.05, 0) is 47.5 Å². The smallest absolute Gasteiger partial charge is 0.263 e. The Morgan fingerprint density at radius 3 is 2.29 bits per heavy atom. The molecular formula is C24H18BrNO2. The van der Waals surface area contributed by atoms with E-state index in [2.05, 4.69) is 15.9 Å². The number of benzene rings is 3. The third kappa shape index (κ3) is 3.51. The highest BCUT2D eigenvalue weighted by molar-refractivity contribution is 9.10. The van der Waals surface area contributed by atoms with E-state index in [0.717, 1.165) is 27.0 Å². The number of carbonyl (C=O) groups excluding carboxylic acids is 1. The Balaban J connectivity index is 1.84. The molecule has 1 amide bonds. The standard InChI is InChI=1S/C24H18BrNO2/c1-28-23-10-6-5-9-21(23)26-22(18-7-3-2-4-8-18)16-19(24(26)27)15-17-11-13-20(25)14-12-17/h2-16H,1H3. The van der Waals surface area contributed by atoms with E-state index in [4.69, 9.17) is 4.74 Å². The molecule has 0 spiro atoms. The summed E-state index contributed by atoms with van der Waals surface area (Å²) in [5, 5.41) is 0. The molecular weight excluding hydrogens is 414 g/mol. The van der Waals surface area contributed by atoms with Gasteiger partial charge in [0.15, 0.2) is 0 Å². The molecule has 4 rings (SSSR count). The Morgan fingerprint density at radius 1 is 0.893 bits per heavy atom. The lowest BCUT2D eigenvalue weighted by Crippen LogP contribution is -2.25. The Hall–Kier alpha value is -3.11. The van der Waals surface area contributed by atoms with E-state index >= 15 is 0 Å². The first-order chi connectivity index (χ1) is 13.7. The zero-order chi connectivity index (χ0) is 19.5. The maximum Gasteiger partial charge on any atom is 0.263 e. The second-order valence-corrected chi connectivity index (χ2v) is 7.27. The van der Waals surface area contributed by atoms with E-state index in [1.165, 1.54) is 0 Å². The summed E-state index contributed by atoms with van der Waals surface area (Å²) >= 11 is 3.44. The van der Waals surface area contributed by atoms with Crippen molar-refractivity contribution in [2.45, 2.75) is 0 Å². The van der Waals surface area contributed by atoms with Crippen LogP contribution in [-0.4, -0.2) is 13.0 Å². The van der Waals surface area contributed by atoms with Crippen molar-refractivity contribution in [3.8, 4) is 5.75 Å². The number of hydrogen-bond donors (Lipinski definition) is 0. The lowest BCUT2D eigenvalue weighted by atomic mass is 10.1. The van der Waals surface area contributed by atoms with E-state index in [0.29, 0.717) is 11.3 Å². The highest BCUT2D eigenvalue weighted by atomic mass is 79.9. The fraction of sp³-hybridized carbons (Fsp3) is 0.0417. The number of carbonyl (C=O) groups is 1. The molecule has 0 unspecified atom stereocenters. The predicted molar refractivity (Wildman–Crippen MR) is 117 cm³/mol. The molecule has 0 bridgehead atoms. The van der Waals surface area contributed by atoms with Crippen molar-refractivity contribution in [3.63, 3.8) is 0 Å². The lowest BCUT2D eigenvalue weighted by Gasteiger charge is -2.22. The molecule has 0 radical (unpaired) electrons. The largest absolute Gasteiger partial charge is 0.495 e. The Kier molecular flexibility index (Phi) is 5.13. The van der Waals surface area contributed by atoms with Gasteiger partial charge < -0.3 is 4.74 Å². The van der Waals surface area contributed by atoms with Gasteiger partial charge in [-0.25, -0.2) is 0 Å². The van der Waals surface area contributed by atoms with Crippen LogP contribution in [0.4, 0.5) is 5.69 Å². The van der Waals surface area contributed by atoms with Crippen LogP contribution in [0.1, 0.15) is 11.1 Å². The van der Waals surface area contributed by atoms with Gasteiger partial charge in [0, 0.05) is 10.0 Å². The van der Waals surface area contributed by atoms with Crippen molar-refractivity contribution < 1.29 is 9.53 Å². The van der Waals surface area contributed by atoms with Crippen LogP contribution in [0.5, 0.6) is 5.75 Å². The number of hydrogen-bond acceptors (Lipinski definition) is 2. The normalized spacial score (nSPS) is 15.1. The summed E-state index contributed by atoms with van der Waals surface area (Å²) < 4.78 is 6.51. The molecule has 0 fully saturated rings. The van der Waals surface area contributed by atoms with Crippen LogP contribution in [0.2, 0.25) is 0 Å². The molecule has 1 aliphatic heterocycles. The van der Waals surface area contributed by atoms with Crippen molar-refractivity contribution in [1.82, 2.24) is 0 Å². The highest BCUT2D eigenvalue weighted by Gasteiger charge is 2.32. The van der Waals surface area contributed by atoms with E-state index in [-0.39, 0.29) is 5.91 Å². The van der Waals surface area contributed by atoms with Crippen molar-refractivity contribution in [2.24, 2.45) is 0 Å². The molecule has 0 N–H and O–H groups in total. The molecule has 0 aromatic heterocycles. The van der Waals surface area contributed by atoms with Gasteiger partial charge in [-0.3, -0.25) is 9.69 Å². The monoisotopic (exact) mass is 431 g/mol. The minimum Gasteiger partial charge on any atom is -0.495 e. The zero-order valence-corrected chi connectivity index (χ0v) is 16.9. The molecule has 0 saturated heterocycles. The van der Waals surface area contributed by atoms with Gasteiger partial charge in [-0.15, -0.1) is 0 Å². The number of anilines is 1. The van der Waals surface area contributed by atoms with E-state index in [1.807, 2.05) is 91.0 Å². The molecule has 4 heteroatoms. The van der Waals surface area contributed by atoms with Crippen LogP contribution in [0.3, 0.4) is 0 Å². The number of rotatable bonds is 4. The first-order valence-electron chi connectivity index (χ1n) is 8.89. The third-order valence-electron chi connectivity index (χ3n) is 4.57. The molecule has 3 nitrogen and oxygen atoms in total. The predicted octanol–water partition coefficient (Wildman–Crippen LogP) is 5.93. The first kappa shape index (κ1) is 18.3. The second kappa shape index (κ2) is 7.87. The van der Waals surface area contributed by atoms with Crippen molar-refractivity contribution in [2.75, 3.05) is 12.0 Å². The van der Waals surface area contributed by atoms with Crippen molar-refractivity contribution >= 4 is 39.3 Å². The van der Waals surface area contributed by atoms with Gasteiger partial charge in [0.25, 0.3) is 5.91 Å². The van der Waals surface area contributed by atoms with E-state index in [9.17, 15) is 4.79 Å². The average Bonchev–Trinajstić information content (AvgIpc) is 3.06. The fourth-order valence-corrected chi connectivity index (χ4v) is 3.49. The topological polar surface area (TPSA) is 29.5 Å². The molecule has 3 aromatic carbocycles. The van der Waals surface area contributed by atoms with Crippen LogP contribution >= 0.6 is 15.9 Å². The van der Waals surface area contributed by atoms with Gasteiger partial charge in [0.05, 0.1) is 18.5 Å². The number of ether oxygens (including phenoxy) is 1. The SMILES string of the molecule is COc1ccccc1N1C(=O)C(=Cc2ccc(Br)cc2)C=C1c1ccccc1. The zero-order valence-electron chi connectivity index (χ0n) is 15.3. The van der Waals surface area contributed by atoms with Gasteiger partial charge >= 0.3 is 0 Å². The van der Waals surface area contributed by atoms with Crippen LogP contribution in [0, 0.1) is 0 Å². The quantitative estimate of drug-likeness (QED) is 0.479. The molecule has 0 aliphatic carbocycles. The number of halogens is 1. The van der Waals surface area contributed by atoms with Crippen LogP contribution in [0.15, 0.2) is 95.0 Å². The maximum absolute atomic E-state index is 13.4. The van der Waals surface area contributed by atoms with Crippen LogP contribution in [0.25, 0.3) is 11.8 Å². The average molecular weight is 432 g/mol. The lowest BCUT2D eigenvalue weighted by molar-refractivity contribution is -0.113. The third-order valence-corrected chi connectivity index (χ3v) is 5.10. The number of nitrogens with zero attached hydrogens (tertiary/aromatic N) is 1. The molecule has 3 aromatic rings. The number of para-hydroxylation sites is 2. The summed E-state index contributed by atoms with van der Waals surface area (Å²) in [7, 11) is 1.61. The molecule has 1 aliphatic rings. The summed E-state index contributed by atoms with van der Waals surface area (Å²) in [6, 6.07) is 25.4. The Morgan fingerprint density at radius 2 is 1.57 bits per heavy atom. The molecule has 0 atom stereocenters. The summed E-state index contributed by atoms with van der Waals surface area (Å²) in [6.45, 7) is 0. The fourth-order valence-electron chi connectivity index (χ4n) is 3.23. The number of methoxy groups -OCH3 is 1. The Labute approximate surface area is 172 Å². The summed E-state index contributed by atoms with van der Waals surface area (Å²) in [5.74, 6) is 0.578. The van der Waals surface area contributed by atoms with Crippen molar-refractivity contribution in [1.29, 1.82) is 0 Å². The van der Waals surface area contributed by atoms with E-state index < -0.39 is 0 Å². The molecule has 138 valence electrons. The number of amides is 1. The van der Waals surface area contributed by atoms with Crippen LogP contribution in [-0.2, 0) is 4.79 Å². The maximum atomic E-state index is 13.4. The minimum atomic E-state index is -0.0775. The summed E-state index contributed by atoms with van der Waals surface area (Å²) in [4.78, 5) is 15.1. The van der Waals surface area contributed by atoms with Crippen LogP contribution < -0.4 is 9.64 Å². The molecule has 1 heterocycles. The molecule has 0 saturated carbocycles. The van der Waals surface area contributed by atoms with Gasteiger partial charge in [0.2, 0.25) is 0 Å². The first-order valence-corrected chi connectivity index (χ1v) is 9.68. The highest BCUT2D eigenvalue weighted by Crippen LogP contribution is 2.39. The summed E-state index contributed by atoms with van der Waals surface area (Å²) in [5.41, 5.74) is 4.13. The molecule has 28 heavy (non-hydrogen) atoms. The summed E-state index contributed by atoms with van der Waals surface area (Å²) in [6.07, 6.45) is 3.85. The van der Waals surface area contributed by atoms with Gasteiger partial charge in [-0.1, -0.05) is 70.5 Å². The van der Waals surface area contributed by atoms with Gasteiger partial charge in [-0.2, -0.15) is 0 Å². The Bertz CT molecular complexity index is 1070. The van der Waals surface area contributed by atoms with E-state index in [1.54, 1.807) is 12.0 Å². The minimum absolute atomic E-state index is 0.0775.